The van der Waals surface area contributed by atoms with Crippen LogP contribution in [-0.4, -0.2) is 15.9 Å². The van der Waals surface area contributed by atoms with Gasteiger partial charge in [-0.3, -0.25) is 9.78 Å². The highest BCUT2D eigenvalue weighted by atomic mass is 16.1. The molecule has 0 aliphatic rings. The normalized spacial score (nSPS) is 10.0. The monoisotopic (exact) mass is 274 g/mol. The molecule has 2 aromatic heterocycles. The second-order valence-corrected chi connectivity index (χ2v) is 4.41. The smallest absolute Gasteiger partial charge is 0.274 e. The van der Waals surface area contributed by atoms with E-state index in [0.717, 1.165) is 10.9 Å². The van der Waals surface area contributed by atoms with E-state index in [0.29, 0.717) is 11.3 Å². The maximum Gasteiger partial charge on any atom is 0.274 e. The average Bonchev–Trinajstić information content (AvgIpc) is 2.55. The molecule has 0 aliphatic carbocycles. The molecule has 1 N–H and O–H groups in total. The summed E-state index contributed by atoms with van der Waals surface area (Å²) in [5.74, 6) is -0.337. The zero-order chi connectivity index (χ0) is 14.7. The minimum atomic E-state index is -0.337. The van der Waals surface area contributed by atoms with Gasteiger partial charge < -0.3 is 5.32 Å². The molecule has 0 fully saturated rings. The molecule has 0 saturated heterocycles. The van der Waals surface area contributed by atoms with Gasteiger partial charge in [-0.05, 0) is 24.3 Å². The van der Waals surface area contributed by atoms with Crippen molar-refractivity contribution in [3.8, 4) is 6.07 Å². The lowest BCUT2D eigenvalue weighted by atomic mass is 10.2. The number of carbonyl (C=O) groups excluding carboxylic acids is 1. The lowest BCUT2D eigenvalue weighted by molar-refractivity contribution is 0.102. The topological polar surface area (TPSA) is 78.7 Å². The first-order valence-electron chi connectivity index (χ1n) is 6.28. The predicted molar refractivity (Wildman–Crippen MR) is 78.6 cm³/mol. The van der Waals surface area contributed by atoms with Crippen LogP contribution >= 0.6 is 0 Å². The van der Waals surface area contributed by atoms with Gasteiger partial charge in [0.15, 0.2) is 0 Å². The fourth-order valence-electron chi connectivity index (χ4n) is 1.93. The number of rotatable bonds is 2. The first-order valence-corrected chi connectivity index (χ1v) is 6.28. The van der Waals surface area contributed by atoms with Gasteiger partial charge in [-0.2, -0.15) is 5.26 Å². The fourth-order valence-corrected chi connectivity index (χ4v) is 1.93. The summed E-state index contributed by atoms with van der Waals surface area (Å²) < 4.78 is 0. The standard InChI is InChI=1S/C16H10N4O/c17-8-11-5-6-15(18-9-11)16(21)20-13-7-12-3-1-2-4-14(12)19-10-13/h1-7,9-10H,(H,20,21). The van der Waals surface area contributed by atoms with Crippen LogP contribution in [0.25, 0.3) is 10.9 Å². The van der Waals surface area contributed by atoms with Gasteiger partial charge >= 0.3 is 0 Å². The first kappa shape index (κ1) is 12.8. The van der Waals surface area contributed by atoms with Gasteiger partial charge in [0, 0.05) is 11.6 Å². The number of nitriles is 1. The summed E-state index contributed by atoms with van der Waals surface area (Å²) in [6, 6.07) is 14.5. The van der Waals surface area contributed by atoms with E-state index in [1.54, 1.807) is 12.3 Å². The molecule has 0 radical (unpaired) electrons. The van der Waals surface area contributed by atoms with Crippen molar-refractivity contribution in [2.75, 3.05) is 5.32 Å². The Labute approximate surface area is 120 Å². The molecule has 3 rings (SSSR count). The highest BCUT2D eigenvalue weighted by Gasteiger charge is 2.08. The third-order valence-electron chi connectivity index (χ3n) is 2.97. The molecule has 1 amide bonds. The first-order chi connectivity index (χ1) is 10.3. The highest BCUT2D eigenvalue weighted by Crippen LogP contribution is 2.16. The number of pyridine rings is 2. The van der Waals surface area contributed by atoms with Crippen LogP contribution in [0.1, 0.15) is 16.1 Å². The van der Waals surface area contributed by atoms with Crippen LogP contribution in [0.5, 0.6) is 0 Å². The van der Waals surface area contributed by atoms with Crippen molar-refractivity contribution in [2.45, 2.75) is 0 Å². The van der Waals surface area contributed by atoms with Crippen molar-refractivity contribution < 1.29 is 4.79 Å². The maximum atomic E-state index is 12.1. The quantitative estimate of drug-likeness (QED) is 0.779. The Bertz CT molecular complexity index is 850. The Kier molecular flexibility index (Phi) is 3.27. The summed E-state index contributed by atoms with van der Waals surface area (Å²) in [6.07, 6.45) is 2.97. The number of fused-ring (bicyclic) bond motifs is 1. The van der Waals surface area contributed by atoms with Crippen LogP contribution < -0.4 is 5.32 Å². The van der Waals surface area contributed by atoms with Crippen LogP contribution in [0.3, 0.4) is 0 Å². The number of benzene rings is 1. The van der Waals surface area contributed by atoms with Crippen molar-refractivity contribution in [3.63, 3.8) is 0 Å². The maximum absolute atomic E-state index is 12.1. The minimum Gasteiger partial charge on any atom is -0.319 e. The van der Waals surface area contributed by atoms with E-state index in [1.807, 2.05) is 36.4 Å². The Morgan fingerprint density at radius 2 is 1.95 bits per heavy atom. The summed E-state index contributed by atoms with van der Waals surface area (Å²) in [7, 11) is 0. The fraction of sp³-hybridized carbons (Fsp3) is 0. The number of para-hydroxylation sites is 1. The molecular formula is C16H10N4O. The number of anilines is 1. The van der Waals surface area contributed by atoms with Gasteiger partial charge in [0.1, 0.15) is 11.8 Å². The number of amides is 1. The van der Waals surface area contributed by atoms with Gasteiger partial charge in [0.05, 0.1) is 23.0 Å². The van der Waals surface area contributed by atoms with Crippen molar-refractivity contribution in [1.29, 1.82) is 5.26 Å². The SMILES string of the molecule is N#Cc1ccc(C(=O)Nc2cnc3ccccc3c2)nc1. The molecule has 0 atom stereocenters. The number of hydrogen-bond acceptors (Lipinski definition) is 4. The zero-order valence-electron chi connectivity index (χ0n) is 10.9. The largest absolute Gasteiger partial charge is 0.319 e. The zero-order valence-corrected chi connectivity index (χ0v) is 10.9. The predicted octanol–water partition coefficient (Wildman–Crippen LogP) is 2.75. The second kappa shape index (κ2) is 5.39. The third kappa shape index (κ3) is 2.69. The molecule has 1 aromatic carbocycles. The molecule has 2 heterocycles. The number of hydrogen-bond donors (Lipinski definition) is 1. The minimum absolute atomic E-state index is 0.252. The third-order valence-corrected chi connectivity index (χ3v) is 2.97. The summed E-state index contributed by atoms with van der Waals surface area (Å²) in [5.41, 5.74) is 2.14. The number of carbonyl (C=O) groups is 1. The van der Waals surface area contributed by atoms with Gasteiger partial charge in [0.2, 0.25) is 0 Å². The van der Waals surface area contributed by atoms with Crippen molar-refractivity contribution in [1.82, 2.24) is 9.97 Å². The van der Waals surface area contributed by atoms with Crippen LogP contribution in [0.4, 0.5) is 5.69 Å². The lowest BCUT2D eigenvalue weighted by Gasteiger charge is -2.05. The highest BCUT2D eigenvalue weighted by molar-refractivity contribution is 6.03. The Morgan fingerprint density at radius 1 is 1.10 bits per heavy atom. The van der Waals surface area contributed by atoms with Crippen LogP contribution in [-0.2, 0) is 0 Å². The van der Waals surface area contributed by atoms with Crippen molar-refractivity contribution >= 4 is 22.5 Å². The Balaban J connectivity index is 1.83. The van der Waals surface area contributed by atoms with Gasteiger partial charge in [0.25, 0.3) is 5.91 Å². The second-order valence-electron chi connectivity index (χ2n) is 4.41. The van der Waals surface area contributed by atoms with E-state index in [4.69, 9.17) is 5.26 Å². The molecule has 0 unspecified atom stereocenters. The van der Waals surface area contributed by atoms with Crippen molar-refractivity contribution in [3.05, 3.63) is 66.1 Å². The van der Waals surface area contributed by atoms with Gasteiger partial charge in [-0.15, -0.1) is 0 Å². The molecule has 3 aromatic rings. The molecule has 5 nitrogen and oxygen atoms in total. The van der Waals surface area contributed by atoms with E-state index in [-0.39, 0.29) is 11.6 Å². The van der Waals surface area contributed by atoms with E-state index in [9.17, 15) is 4.79 Å². The molecule has 5 heteroatoms. The molecule has 0 saturated carbocycles. The number of nitrogens with zero attached hydrogens (tertiary/aromatic N) is 3. The van der Waals surface area contributed by atoms with E-state index in [1.165, 1.54) is 12.3 Å². The average molecular weight is 274 g/mol. The van der Waals surface area contributed by atoms with E-state index < -0.39 is 0 Å². The van der Waals surface area contributed by atoms with Gasteiger partial charge in [-0.1, -0.05) is 18.2 Å². The summed E-state index contributed by atoms with van der Waals surface area (Å²) >= 11 is 0. The van der Waals surface area contributed by atoms with Crippen molar-refractivity contribution in [2.24, 2.45) is 0 Å². The molecular weight excluding hydrogens is 264 g/mol. The molecule has 0 bridgehead atoms. The van der Waals surface area contributed by atoms with Gasteiger partial charge in [-0.25, -0.2) is 4.98 Å². The van der Waals surface area contributed by atoms with E-state index >= 15 is 0 Å². The van der Waals surface area contributed by atoms with E-state index in [2.05, 4.69) is 15.3 Å². The van der Waals surface area contributed by atoms with Crippen LogP contribution in [0, 0.1) is 11.3 Å². The Morgan fingerprint density at radius 3 is 2.71 bits per heavy atom. The number of nitrogens with one attached hydrogen (secondary N) is 1. The molecule has 100 valence electrons. The summed E-state index contributed by atoms with van der Waals surface area (Å²) in [4.78, 5) is 20.3. The summed E-state index contributed by atoms with van der Waals surface area (Å²) in [6.45, 7) is 0. The molecule has 0 aliphatic heterocycles. The van der Waals surface area contributed by atoms with Crippen LogP contribution in [0.15, 0.2) is 54.9 Å². The lowest BCUT2D eigenvalue weighted by Crippen LogP contribution is -2.13. The molecule has 21 heavy (non-hydrogen) atoms. The number of aromatic nitrogens is 2. The summed E-state index contributed by atoms with van der Waals surface area (Å²) in [5, 5.41) is 12.4. The Hall–Kier alpha value is -3.26. The van der Waals surface area contributed by atoms with Crippen LogP contribution in [0.2, 0.25) is 0 Å². The molecule has 0 spiro atoms.